The highest BCUT2D eigenvalue weighted by molar-refractivity contribution is 5.75. The Kier molecular flexibility index (Phi) is 4.17. The zero-order valence-electron chi connectivity index (χ0n) is 13.9. The summed E-state index contributed by atoms with van der Waals surface area (Å²) in [6, 6.07) is 12.2. The predicted molar refractivity (Wildman–Crippen MR) is 94.0 cm³/mol. The molecule has 24 heavy (non-hydrogen) atoms. The third kappa shape index (κ3) is 2.99. The highest BCUT2D eigenvalue weighted by atomic mass is 16.5. The summed E-state index contributed by atoms with van der Waals surface area (Å²) in [5, 5.41) is 0. The van der Waals surface area contributed by atoms with Crippen LogP contribution in [-0.4, -0.2) is 38.6 Å². The van der Waals surface area contributed by atoms with Crippen LogP contribution in [0.1, 0.15) is 19.2 Å². The van der Waals surface area contributed by atoms with E-state index in [-0.39, 0.29) is 6.10 Å². The van der Waals surface area contributed by atoms with Gasteiger partial charge in [0, 0.05) is 32.0 Å². The summed E-state index contributed by atoms with van der Waals surface area (Å²) < 4.78 is 8.36. The van der Waals surface area contributed by atoms with Crippen LogP contribution in [0.2, 0.25) is 0 Å². The Morgan fingerprint density at radius 2 is 2.00 bits per heavy atom. The molecular weight excluding hydrogens is 300 g/mol. The van der Waals surface area contributed by atoms with E-state index in [2.05, 4.69) is 39.6 Å². The Balaban J connectivity index is 1.45. The van der Waals surface area contributed by atoms with E-state index < -0.39 is 0 Å². The molecule has 4 rings (SSSR count). The molecular formula is C19H22N4O. The van der Waals surface area contributed by atoms with Crippen LogP contribution in [0.5, 0.6) is 5.75 Å². The van der Waals surface area contributed by atoms with Crippen molar-refractivity contribution in [3.05, 3.63) is 54.6 Å². The molecule has 3 aromatic rings. The zero-order chi connectivity index (χ0) is 16.4. The highest BCUT2D eigenvalue weighted by Crippen LogP contribution is 2.21. The minimum absolute atomic E-state index is 0.242. The molecule has 5 heteroatoms. The number of likely N-dealkylation sites (tertiary alicyclic amines) is 1. The van der Waals surface area contributed by atoms with Crippen LogP contribution in [0, 0.1) is 0 Å². The predicted octanol–water partition coefficient (Wildman–Crippen LogP) is 3.10. The van der Waals surface area contributed by atoms with Gasteiger partial charge in [0.25, 0.3) is 0 Å². The zero-order valence-corrected chi connectivity index (χ0v) is 13.9. The average Bonchev–Trinajstić information content (AvgIpc) is 3.19. The van der Waals surface area contributed by atoms with Crippen molar-refractivity contribution in [3.8, 4) is 5.75 Å². The molecule has 0 bridgehead atoms. The minimum Gasteiger partial charge on any atom is -0.489 e. The fourth-order valence-electron chi connectivity index (χ4n) is 3.45. The van der Waals surface area contributed by atoms with Crippen molar-refractivity contribution in [2.75, 3.05) is 13.1 Å². The maximum Gasteiger partial charge on any atom is 0.124 e. The number of aryl methyl sites for hydroxylation is 1. The molecule has 1 aliphatic heterocycles. The maximum atomic E-state index is 6.05. The van der Waals surface area contributed by atoms with E-state index >= 15 is 0 Å². The number of aromatic nitrogens is 3. The van der Waals surface area contributed by atoms with Crippen LogP contribution in [-0.2, 0) is 13.1 Å². The summed E-state index contributed by atoms with van der Waals surface area (Å²) in [7, 11) is 0. The summed E-state index contributed by atoms with van der Waals surface area (Å²) in [6.07, 6.45) is 4.83. The first kappa shape index (κ1) is 15.1. The molecule has 1 atom stereocenters. The van der Waals surface area contributed by atoms with Gasteiger partial charge in [0.05, 0.1) is 17.6 Å². The van der Waals surface area contributed by atoms with Gasteiger partial charge >= 0.3 is 0 Å². The quantitative estimate of drug-likeness (QED) is 0.724. The summed E-state index contributed by atoms with van der Waals surface area (Å²) in [6.45, 7) is 5.98. The van der Waals surface area contributed by atoms with Gasteiger partial charge in [-0.15, -0.1) is 0 Å². The van der Waals surface area contributed by atoms with Gasteiger partial charge < -0.3 is 9.30 Å². The van der Waals surface area contributed by atoms with E-state index in [0.717, 1.165) is 49.7 Å². The number of nitrogens with zero attached hydrogens (tertiary/aromatic N) is 4. The van der Waals surface area contributed by atoms with E-state index in [4.69, 9.17) is 9.72 Å². The molecule has 1 aliphatic rings. The van der Waals surface area contributed by atoms with Crippen molar-refractivity contribution >= 4 is 11.0 Å². The third-order valence-corrected chi connectivity index (χ3v) is 4.60. The van der Waals surface area contributed by atoms with Gasteiger partial charge in [-0.25, -0.2) is 4.98 Å². The highest BCUT2D eigenvalue weighted by Gasteiger charge is 2.25. The van der Waals surface area contributed by atoms with Gasteiger partial charge in [-0.2, -0.15) is 0 Å². The number of hydrogen-bond donors (Lipinski definition) is 0. The molecule has 0 amide bonds. The summed E-state index contributed by atoms with van der Waals surface area (Å²) >= 11 is 0. The molecule has 3 heterocycles. The van der Waals surface area contributed by atoms with E-state index in [1.54, 1.807) is 12.4 Å². The number of rotatable bonds is 5. The van der Waals surface area contributed by atoms with Gasteiger partial charge in [0.15, 0.2) is 0 Å². The first-order valence-electron chi connectivity index (χ1n) is 8.56. The monoisotopic (exact) mass is 322 g/mol. The van der Waals surface area contributed by atoms with E-state index in [1.165, 1.54) is 5.52 Å². The van der Waals surface area contributed by atoms with E-state index in [0.29, 0.717) is 0 Å². The average molecular weight is 322 g/mol. The lowest BCUT2D eigenvalue weighted by molar-refractivity contribution is 0.196. The second-order valence-electron chi connectivity index (χ2n) is 6.21. The summed E-state index contributed by atoms with van der Waals surface area (Å²) in [5.74, 6) is 2.04. The number of para-hydroxylation sites is 2. The van der Waals surface area contributed by atoms with Crippen molar-refractivity contribution in [2.45, 2.75) is 32.5 Å². The van der Waals surface area contributed by atoms with E-state index in [9.17, 15) is 0 Å². The van der Waals surface area contributed by atoms with Crippen LogP contribution in [0.25, 0.3) is 11.0 Å². The maximum absolute atomic E-state index is 6.05. The molecule has 1 saturated heterocycles. The van der Waals surface area contributed by atoms with Crippen LogP contribution in [0.15, 0.2) is 48.8 Å². The van der Waals surface area contributed by atoms with Crippen molar-refractivity contribution in [2.24, 2.45) is 0 Å². The fourth-order valence-corrected chi connectivity index (χ4v) is 3.45. The molecule has 2 aromatic heterocycles. The number of ether oxygens (including phenoxy) is 1. The Morgan fingerprint density at radius 1 is 1.17 bits per heavy atom. The molecule has 0 N–H and O–H groups in total. The van der Waals surface area contributed by atoms with Gasteiger partial charge in [0.2, 0.25) is 0 Å². The van der Waals surface area contributed by atoms with Crippen LogP contribution < -0.4 is 4.74 Å². The fraction of sp³-hybridized carbons (Fsp3) is 0.368. The van der Waals surface area contributed by atoms with Crippen molar-refractivity contribution < 1.29 is 4.74 Å². The first-order chi connectivity index (χ1) is 11.8. The lowest BCUT2D eigenvalue weighted by Gasteiger charge is -2.17. The summed E-state index contributed by atoms with van der Waals surface area (Å²) in [4.78, 5) is 11.3. The molecule has 5 nitrogen and oxygen atoms in total. The summed E-state index contributed by atoms with van der Waals surface area (Å²) in [5.41, 5.74) is 2.30. The Morgan fingerprint density at radius 3 is 2.83 bits per heavy atom. The molecule has 124 valence electrons. The van der Waals surface area contributed by atoms with Crippen LogP contribution in [0.3, 0.4) is 0 Å². The number of hydrogen-bond acceptors (Lipinski definition) is 4. The smallest absolute Gasteiger partial charge is 0.124 e. The number of fused-ring (bicyclic) bond motifs is 1. The van der Waals surface area contributed by atoms with E-state index in [1.807, 2.05) is 18.2 Å². The van der Waals surface area contributed by atoms with Crippen molar-refractivity contribution in [3.63, 3.8) is 0 Å². The van der Waals surface area contributed by atoms with Gasteiger partial charge in [-0.05, 0) is 37.6 Å². The largest absolute Gasteiger partial charge is 0.489 e. The van der Waals surface area contributed by atoms with Gasteiger partial charge in [-0.3, -0.25) is 9.88 Å². The SMILES string of the molecule is CCn1c(CN2CCC(Oc3ccncc3)C2)nc2ccccc21. The standard InChI is InChI=1S/C19H22N4O/c1-2-23-18-6-4-3-5-17(18)21-19(23)14-22-12-9-16(13-22)24-15-7-10-20-11-8-15/h3-8,10-11,16H,2,9,12-14H2,1H3. The Labute approximate surface area is 141 Å². The Bertz CT molecular complexity index is 815. The van der Waals surface area contributed by atoms with Crippen molar-refractivity contribution in [1.82, 2.24) is 19.4 Å². The van der Waals surface area contributed by atoms with Crippen molar-refractivity contribution in [1.29, 1.82) is 0 Å². The molecule has 1 aromatic carbocycles. The third-order valence-electron chi connectivity index (χ3n) is 4.60. The normalized spacial score (nSPS) is 18.3. The molecule has 0 radical (unpaired) electrons. The number of pyridine rings is 1. The number of benzene rings is 1. The second kappa shape index (κ2) is 6.61. The minimum atomic E-state index is 0.242. The first-order valence-corrected chi connectivity index (χ1v) is 8.56. The Hall–Kier alpha value is -2.40. The number of imidazole rings is 1. The van der Waals surface area contributed by atoms with Gasteiger partial charge in [0.1, 0.15) is 17.7 Å². The lowest BCUT2D eigenvalue weighted by atomic mass is 10.3. The van der Waals surface area contributed by atoms with Gasteiger partial charge in [-0.1, -0.05) is 12.1 Å². The topological polar surface area (TPSA) is 43.2 Å². The lowest BCUT2D eigenvalue weighted by Crippen LogP contribution is -2.26. The molecule has 0 saturated carbocycles. The van der Waals surface area contributed by atoms with Crippen LogP contribution >= 0.6 is 0 Å². The molecule has 0 spiro atoms. The second-order valence-corrected chi connectivity index (χ2v) is 6.21. The van der Waals surface area contributed by atoms with Crippen LogP contribution in [0.4, 0.5) is 0 Å². The molecule has 1 fully saturated rings. The molecule has 1 unspecified atom stereocenters. The molecule has 0 aliphatic carbocycles.